The molecule has 5 heteroatoms. The van der Waals surface area contributed by atoms with Gasteiger partial charge >= 0.3 is 12.1 Å². The zero-order chi connectivity index (χ0) is 15.3. The molecule has 1 fully saturated rings. The Hall–Kier alpha value is -1.52. The predicted molar refractivity (Wildman–Crippen MR) is 76.3 cm³/mol. The highest BCUT2D eigenvalue weighted by atomic mass is 16.6. The van der Waals surface area contributed by atoms with Crippen LogP contribution >= 0.6 is 0 Å². The summed E-state index contributed by atoms with van der Waals surface area (Å²) in [6, 6.07) is 0.00551. The molecule has 1 amide bonds. The van der Waals surface area contributed by atoms with Crippen molar-refractivity contribution in [2.75, 3.05) is 6.61 Å². The van der Waals surface area contributed by atoms with Gasteiger partial charge in [-0.05, 0) is 47.5 Å². The van der Waals surface area contributed by atoms with E-state index in [1.54, 1.807) is 17.9 Å². The molecule has 0 aromatic rings. The number of ether oxygens (including phenoxy) is 2. The van der Waals surface area contributed by atoms with Crippen LogP contribution in [0.2, 0.25) is 0 Å². The number of esters is 1. The van der Waals surface area contributed by atoms with Gasteiger partial charge in [-0.2, -0.15) is 0 Å². The van der Waals surface area contributed by atoms with Crippen molar-refractivity contribution in [3.05, 3.63) is 12.2 Å². The molecule has 0 N–H and O–H groups in total. The second-order valence-corrected chi connectivity index (χ2v) is 5.99. The summed E-state index contributed by atoms with van der Waals surface area (Å²) < 4.78 is 10.3. The minimum Gasteiger partial charge on any atom is -0.463 e. The van der Waals surface area contributed by atoms with E-state index in [4.69, 9.17) is 9.47 Å². The number of carbonyl (C=O) groups is 2. The number of amides is 1. The van der Waals surface area contributed by atoms with Crippen molar-refractivity contribution < 1.29 is 19.1 Å². The standard InChI is InChI=1S/C15H25NO4/c1-6-19-13(17)10-9-12-8-7-11(2)16(12)14(18)20-15(3,4)5/h9-12H,6-8H2,1-5H3/b10-9+/t11-,12-/m0/s1. The summed E-state index contributed by atoms with van der Waals surface area (Å²) in [6.07, 6.45) is 4.52. The van der Waals surface area contributed by atoms with E-state index >= 15 is 0 Å². The number of carbonyl (C=O) groups excluding carboxylic acids is 2. The van der Waals surface area contributed by atoms with Crippen LogP contribution in [-0.4, -0.2) is 41.3 Å². The molecule has 114 valence electrons. The molecule has 1 aliphatic heterocycles. The molecule has 0 spiro atoms. The molecule has 0 unspecified atom stereocenters. The summed E-state index contributed by atoms with van der Waals surface area (Å²) in [5.74, 6) is -0.379. The van der Waals surface area contributed by atoms with Gasteiger partial charge in [-0.15, -0.1) is 0 Å². The van der Waals surface area contributed by atoms with Gasteiger partial charge in [-0.25, -0.2) is 9.59 Å². The van der Waals surface area contributed by atoms with Crippen molar-refractivity contribution in [2.24, 2.45) is 0 Å². The molecule has 1 rings (SSSR count). The minimum atomic E-state index is -0.519. The number of hydrogen-bond donors (Lipinski definition) is 0. The zero-order valence-corrected chi connectivity index (χ0v) is 13.0. The second-order valence-electron chi connectivity index (χ2n) is 5.99. The van der Waals surface area contributed by atoms with E-state index in [9.17, 15) is 9.59 Å². The Morgan fingerprint density at radius 3 is 2.50 bits per heavy atom. The van der Waals surface area contributed by atoms with E-state index in [2.05, 4.69) is 0 Å². The highest BCUT2D eigenvalue weighted by Gasteiger charge is 2.35. The molecule has 20 heavy (non-hydrogen) atoms. The molecule has 0 bridgehead atoms. The van der Waals surface area contributed by atoms with Crippen LogP contribution in [0.3, 0.4) is 0 Å². The van der Waals surface area contributed by atoms with Crippen molar-refractivity contribution in [3.63, 3.8) is 0 Å². The van der Waals surface area contributed by atoms with Crippen LogP contribution < -0.4 is 0 Å². The Morgan fingerprint density at radius 2 is 1.95 bits per heavy atom. The van der Waals surface area contributed by atoms with Crippen molar-refractivity contribution >= 4 is 12.1 Å². The Balaban J connectivity index is 2.71. The lowest BCUT2D eigenvalue weighted by molar-refractivity contribution is -0.137. The molecule has 0 aromatic carbocycles. The van der Waals surface area contributed by atoms with Gasteiger partial charge in [0.25, 0.3) is 0 Å². The van der Waals surface area contributed by atoms with Gasteiger partial charge in [0, 0.05) is 12.1 Å². The van der Waals surface area contributed by atoms with Crippen LogP contribution in [0.1, 0.15) is 47.5 Å². The molecule has 2 atom stereocenters. The monoisotopic (exact) mass is 283 g/mol. The van der Waals surface area contributed by atoms with Gasteiger partial charge in [0.1, 0.15) is 5.60 Å². The van der Waals surface area contributed by atoms with Gasteiger partial charge in [0.15, 0.2) is 0 Å². The number of hydrogen-bond acceptors (Lipinski definition) is 4. The van der Waals surface area contributed by atoms with Crippen LogP contribution in [0.5, 0.6) is 0 Å². The van der Waals surface area contributed by atoms with Crippen molar-refractivity contribution in [1.29, 1.82) is 0 Å². The van der Waals surface area contributed by atoms with E-state index in [0.29, 0.717) is 6.61 Å². The van der Waals surface area contributed by atoms with Gasteiger partial charge in [0.05, 0.1) is 12.6 Å². The molecule has 0 aromatic heterocycles. The van der Waals surface area contributed by atoms with Gasteiger partial charge in [0.2, 0.25) is 0 Å². The average Bonchev–Trinajstić information content (AvgIpc) is 2.66. The fraction of sp³-hybridized carbons (Fsp3) is 0.733. The van der Waals surface area contributed by atoms with Gasteiger partial charge in [-0.3, -0.25) is 4.90 Å². The fourth-order valence-electron chi connectivity index (χ4n) is 2.22. The maximum absolute atomic E-state index is 12.2. The lowest BCUT2D eigenvalue weighted by Crippen LogP contribution is -2.42. The summed E-state index contributed by atoms with van der Waals surface area (Å²) in [4.78, 5) is 25.2. The first kappa shape index (κ1) is 16.5. The van der Waals surface area contributed by atoms with Crippen molar-refractivity contribution in [3.8, 4) is 0 Å². The van der Waals surface area contributed by atoms with E-state index in [1.165, 1.54) is 6.08 Å². The quantitative estimate of drug-likeness (QED) is 0.590. The third kappa shape index (κ3) is 4.87. The molecule has 0 aliphatic carbocycles. The lowest BCUT2D eigenvalue weighted by atomic mass is 10.2. The zero-order valence-electron chi connectivity index (χ0n) is 13.0. The van der Waals surface area contributed by atoms with E-state index in [1.807, 2.05) is 27.7 Å². The first-order valence-electron chi connectivity index (χ1n) is 7.11. The van der Waals surface area contributed by atoms with E-state index in [0.717, 1.165) is 12.8 Å². The van der Waals surface area contributed by atoms with Crippen molar-refractivity contribution in [1.82, 2.24) is 4.90 Å². The number of rotatable bonds is 3. The maximum Gasteiger partial charge on any atom is 0.411 e. The first-order valence-corrected chi connectivity index (χ1v) is 7.11. The normalized spacial score (nSPS) is 23.1. The summed E-state index contributed by atoms with van der Waals surface area (Å²) in [5.41, 5.74) is -0.519. The topological polar surface area (TPSA) is 55.8 Å². The van der Waals surface area contributed by atoms with Crippen molar-refractivity contribution in [2.45, 2.75) is 65.1 Å². The summed E-state index contributed by atoms with van der Waals surface area (Å²) in [6.45, 7) is 9.62. The fourth-order valence-corrected chi connectivity index (χ4v) is 2.22. The van der Waals surface area contributed by atoms with Crippen LogP contribution in [0.25, 0.3) is 0 Å². The molecule has 1 aliphatic rings. The van der Waals surface area contributed by atoms with Gasteiger partial charge in [-0.1, -0.05) is 6.08 Å². The van der Waals surface area contributed by atoms with Crippen LogP contribution in [0.15, 0.2) is 12.2 Å². The molecular weight excluding hydrogens is 258 g/mol. The summed E-state index contributed by atoms with van der Waals surface area (Å²) >= 11 is 0. The summed E-state index contributed by atoms with van der Waals surface area (Å²) in [5, 5.41) is 0. The number of nitrogens with zero attached hydrogens (tertiary/aromatic N) is 1. The highest BCUT2D eigenvalue weighted by Crippen LogP contribution is 2.27. The SMILES string of the molecule is CCOC(=O)/C=C/[C@@H]1CC[C@H](C)N1C(=O)OC(C)(C)C. The largest absolute Gasteiger partial charge is 0.463 e. The Kier molecular flexibility index (Phi) is 5.60. The Morgan fingerprint density at radius 1 is 1.30 bits per heavy atom. The maximum atomic E-state index is 12.2. The third-order valence-electron chi connectivity index (χ3n) is 3.06. The van der Waals surface area contributed by atoms with Crippen LogP contribution in [0.4, 0.5) is 4.79 Å². The van der Waals surface area contributed by atoms with E-state index < -0.39 is 5.60 Å². The Labute approximate surface area is 120 Å². The highest BCUT2D eigenvalue weighted by molar-refractivity contribution is 5.82. The predicted octanol–water partition coefficient (Wildman–Crippen LogP) is 2.89. The molecule has 0 saturated carbocycles. The molecule has 1 saturated heterocycles. The number of likely N-dealkylation sites (tertiary alicyclic amines) is 1. The molecule has 1 heterocycles. The Bertz CT molecular complexity index is 384. The average molecular weight is 283 g/mol. The third-order valence-corrected chi connectivity index (χ3v) is 3.06. The minimum absolute atomic E-state index is 0.107. The van der Waals surface area contributed by atoms with Crippen LogP contribution in [0, 0.1) is 0 Å². The van der Waals surface area contributed by atoms with E-state index in [-0.39, 0.29) is 24.1 Å². The smallest absolute Gasteiger partial charge is 0.411 e. The summed E-state index contributed by atoms with van der Waals surface area (Å²) in [7, 11) is 0. The van der Waals surface area contributed by atoms with Gasteiger partial charge < -0.3 is 9.47 Å². The second kappa shape index (κ2) is 6.77. The molecule has 5 nitrogen and oxygen atoms in total. The molecular formula is C15H25NO4. The lowest BCUT2D eigenvalue weighted by Gasteiger charge is -2.30. The van der Waals surface area contributed by atoms with Crippen LogP contribution in [-0.2, 0) is 14.3 Å². The molecule has 0 radical (unpaired) electrons. The first-order chi connectivity index (χ1) is 9.24.